The predicted octanol–water partition coefficient (Wildman–Crippen LogP) is 4.18. The number of amides is 2. The average molecular weight is 359 g/mol. The van der Waals surface area contributed by atoms with E-state index in [9.17, 15) is 4.79 Å². The van der Waals surface area contributed by atoms with E-state index in [4.69, 9.17) is 14.0 Å². The number of hydrogen-bond acceptors (Lipinski definition) is 5. The number of rotatable bonds is 5. The van der Waals surface area contributed by atoms with Crippen molar-refractivity contribution in [2.75, 3.05) is 26.1 Å². The zero-order valence-electron chi connectivity index (χ0n) is 15.6. The first kappa shape index (κ1) is 18.1. The van der Waals surface area contributed by atoms with Crippen molar-refractivity contribution in [3.8, 4) is 11.5 Å². The highest BCUT2D eigenvalue weighted by atomic mass is 16.5. The van der Waals surface area contributed by atoms with Gasteiger partial charge >= 0.3 is 6.03 Å². The molecule has 1 atom stereocenters. The Morgan fingerprint density at radius 3 is 2.69 bits per heavy atom. The highest BCUT2D eigenvalue weighted by molar-refractivity contribution is 5.90. The maximum Gasteiger partial charge on any atom is 0.322 e. The summed E-state index contributed by atoms with van der Waals surface area (Å²) < 4.78 is 15.9. The topological polar surface area (TPSA) is 76.8 Å². The summed E-state index contributed by atoms with van der Waals surface area (Å²) in [6.45, 7) is 4.80. The summed E-state index contributed by atoms with van der Waals surface area (Å²) in [5.41, 5.74) is 1.47. The Hall–Kier alpha value is -2.70. The number of methoxy groups -OCH3 is 2. The lowest BCUT2D eigenvalue weighted by molar-refractivity contribution is 0.204. The summed E-state index contributed by atoms with van der Waals surface area (Å²) in [4.78, 5) is 14.6. The van der Waals surface area contributed by atoms with Crippen LogP contribution in [0.2, 0.25) is 0 Å². The van der Waals surface area contributed by atoms with Crippen molar-refractivity contribution in [2.24, 2.45) is 0 Å². The molecule has 1 aliphatic rings. The third kappa shape index (κ3) is 3.61. The third-order valence-electron chi connectivity index (χ3n) is 4.61. The molecule has 0 spiro atoms. The number of carbonyl (C=O) groups is 1. The van der Waals surface area contributed by atoms with Crippen LogP contribution >= 0.6 is 0 Å². The number of benzene rings is 1. The standard InChI is InChI=1S/C19H25N3O4/c1-12(2)17-11-14(21-26-17)15-6-5-9-22(15)19(23)20-13-7-8-16(24-3)18(10-13)25-4/h7-8,10-12,15H,5-6,9H2,1-4H3,(H,20,23)/t15-/m0/s1. The summed E-state index contributed by atoms with van der Waals surface area (Å²) in [7, 11) is 3.14. The molecule has 0 aliphatic carbocycles. The minimum atomic E-state index is -0.159. The van der Waals surface area contributed by atoms with Gasteiger partial charge in [0.05, 0.1) is 20.3 Å². The van der Waals surface area contributed by atoms with E-state index >= 15 is 0 Å². The lowest BCUT2D eigenvalue weighted by Crippen LogP contribution is -2.34. The minimum absolute atomic E-state index is 0.0635. The zero-order valence-corrected chi connectivity index (χ0v) is 15.6. The van der Waals surface area contributed by atoms with Gasteiger partial charge in [0.15, 0.2) is 11.5 Å². The maximum atomic E-state index is 12.8. The van der Waals surface area contributed by atoms with E-state index in [1.54, 1.807) is 37.3 Å². The van der Waals surface area contributed by atoms with E-state index in [0.29, 0.717) is 23.7 Å². The van der Waals surface area contributed by atoms with Gasteiger partial charge in [-0.05, 0) is 25.0 Å². The van der Waals surface area contributed by atoms with Gasteiger partial charge in [-0.1, -0.05) is 19.0 Å². The molecule has 7 heteroatoms. The van der Waals surface area contributed by atoms with Crippen molar-refractivity contribution in [3.05, 3.63) is 35.7 Å². The van der Waals surface area contributed by atoms with Gasteiger partial charge in [-0.25, -0.2) is 4.79 Å². The minimum Gasteiger partial charge on any atom is -0.493 e. The van der Waals surface area contributed by atoms with Crippen molar-refractivity contribution < 1.29 is 18.8 Å². The number of ether oxygens (including phenoxy) is 2. The van der Waals surface area contributed by atoms with Crippen LogP contribution in [0.25, 0.3) is 0 Å². The van der Waals surface area contributed by atoms with Gasteiger partial charge in [0.2, 0.25) is 0 Å². The molecule has 2 heterocycles. The molecule has 0 saturated carbocycles. The van der Waals surface area contributed by atoms with Crippen LogP contribution in [-0.2, 0) is 0 Å². The molecule has 1 aromatic heterocycles. The Bertz CT molecular complexity index is 772. The molecule has 1 aliphatic heterocycles. The quantitative estimate of drug-likeness (QED) is 0.866. The van der Waals surface area contributed by atoms with Crippen LogP contribution in [0.15, 0.2) is 28.8 Å². The van der Waals surface area contributed by atoms with Gasteiger partial charge in [-0.3, -0.25) is 0 Å². The second kappa shape index (κ2) is 7.68. The van der Waals surface area contributed by atoms with Crippen molar-refractivity contribution in [1.29, 1.82) is 0 Å². The summed E-state index contributed by atoms with van der Waals surface area (Å²) in [6, 6.07) is 7.03. The van der Waals surface area contributed by atoms with E-state index < -0.39 is 0 Å². The summed E-state index contributed by atoms with van der Waals surface area (Å²) in [6.07, 6.45) is 1.82. The number of carbonyl (C=O) groups excluding carboxylic acids is 1. The lowest BCUT2D eigenvalue weighted by atomic mass is 10.1. The van der Waals surface area contributed by atoms with Crippen LogP contribution < -0.4 is 14.8 Å². The van der Waals surface area contributed by atoms with Gasteiger partial charge in [0.25, 0.3) is 0 Å². The monoisotopic (exact) mass is 359 g/mol. The number of urea groups is 1. The van der Waals surface area contributed by atoms with Crippen molar-refractivity contribution in [3.63, 3.8) is 0 Å². The molecule has 0 radical (unpaired) electrons. The second-order valence-corrected chi connectivity index (χ2v) is 6.66. The highest BCUT2D eigenvalue weighted by Gasteiger charge is 2.32. The third-order valence-corrected chi connectivity index (χ3v) is 4.61. The van der Waals surface area contributed by atoms with E-state index in [1.165, 1.54) is 0 Å². The van der Waals surface area contributed by atoms with Gasteiger partial charge in [0.1, 0.15) is 11.5 Å². The number of nitrogens with zero attached hydrogens (tertiary/aromatic N) is 2. The van der Waals surface area contributed by atoms with Gasteiger partial charge in [-0.2, -0.15) is 0 Å². The average Bonchev–Trinajstić information content (AvgIpc) is 3.30. The summed E-state index contributed by atoms with van der Waals surface area (Å²) >= 11 is 0. The molecule has 1 saturated heterocycles. The number of nitrogens with one attached hydrogen (secondary N) is 1. The molecule has 0 unspecified atom stereocenters. The molecule has 3 rings (SSSR count). The maximum absolute atomic E-state index is 12.8. The van der Waals surface area contributed by atoms with Crippen LogP contribution in [0.5, 0.6) is 11.5 Å². The highest BCUT2D eigenvalue weighted by Crippen LogP contribution is 2.34. The van der Waals surface area contributed by atoms with Crippen LogP contribution in [0.1, 0.15) is 50.1 Å². The fourth-order valence-electron chi connectivity index (χ4n) is 3.16. The van der Waals surface area contributed by atoms with E-state index in [0.717, 1.165) is 24.3 Å². The molecular weight excluding hydrogens is 334 g/mol. The molecule has 7 nitrogen and oxygen atoms in total. The van der Waals surface area contributed by atoms with Crippen LogP contribution in [-0.4, -0.2) is 36.9 Å². The number of aromatic nitrogens is 1. The molecular formula is C19H25N3O4. The van der Waals surface area contributed by atoms with Gasteiger partial charge < -0.3 is 24.2 Å². The fraction of sp³-hybridized carbons (Fsp3) is 0.474. The van der Waals surface area contributed by atoms with Crippen molar-refractivity contribution >= 4 is 11.7 Å². The van der Waals surface area contributed by atoms with E-state index in [2.05, 4.69) is 24.3 Å². The SMILES string of the molecule is COc1ccc(NC(=O)N2CCC[C@H]2c2cc(C(C)C)on2)cc1OC. The molecule has 26 heavy (non-hydrogen) atoms. The summed E-state index contributed by atoms with van der Waals surface area (Å²) in [5, 5.41) is 7.11. The molecule has 2 aromatic rings. The lowest BCUT2D eigenvalue weighted by Gasteiger charge is -2.23. The largest absolute Gasteiger partial charge is 0.493 e. The van der Waals surface area contributed by atoms with Gasteiger partial charge in [-0.15, -0.1) is 0 Å². The van der Waals surface area contributed by atoms with Gasteiger partial charge in [0, 0.05) is 30.3 Å². The first-order chi connectivity index (χ1) is 12.5. The fourth-order valence-corrected chi connectivity index (χ4v) is 3.16. The van der Waals surface area contributed by atoms with Crippen LogP contribution in [0, 0.1) is 0 Å². The normalized spacial score (nSPS) is 16.8. The molecule has 1 N–H and O–H groups in total. The van der Waals surface area contributed by atoms with Crippen molar-refractivity contribution in [1.82, 2.24) is 10.1 Å². The Kier molecular flexibility index (Phi) is 5.35. The Morgan fingerprint density at radius 2 is 2.04 bits per heavy atom. The van der Waals surface area contributed by atoms with Crippen LogP contribution in [0.3, 0.4) is 0 Å². The smallest absolute Gasteiger partial charge is 0.322 e. The molecule has 140 valence electrons. The van der Waals surface area contributed by atoms with Crippen LogP contribution in [0.4, 0.5) is 10.5 Å². The first-order valence-electron chi connectivity index (χ1n) is 8.79. The predicted molar refractivity (Wildman–Crippen MR) is 97.8 cm³/mol. The Morgan fingerprint density at radius 1 is 1.27 bits per heavy atom. The molecule has 1 aromatic carbocycles. The number of anilines is 1. The number of hydrogen-bond donors (Lipinski definition) is 1. The zero-order chi connectivity index (χ0) is 18.7. The molecule has 0 bridgehead atoms. The Balaban J connectivity index is 1.74. The first-order valence-corrected chi connectivity index (χ1v) is 8.79. The number of likely N-dealkylation sites (tertiary alicyclic amines) is 1. The summed E-state index contributed by atoms with van der Waals surface area (Å²) in [5.74, 6) is 2.30. The second-order valence-electron chi connectivity index (χ2n) is 6.66. The van der Waals surface area contributed by atoms with Crippen molar-refractivity contribution in [2.45, 2.75) is 38.6 Å². The van der Waals surface area contributed by atoms with E-state index in [1.807, 2.05) is 6.07 Å². The van der Waals surface area contributed by atoms with E-state index in [-0.39, 0.29) is 18.0 Å². The molecule has 1 fully saturated rings. The molecule has 2 amide bonds. The Labute approximate surface area is 153 Å².